The molecule has 1 aliphatic carbocycles. The highest BCUT2D eigenvalue weighted by atomic mass is 16.2. The van der Waals surface area contributed by atoms with Gasteiger partial charge in [-0.25, -0.2) is 9.78 Å². The molecule has 0 N–H and O–H groups in total. The molecular weight excluding hydrogens is 334 g/mol. The fraction of sp³-hybridized carbons (Fsp3) is 0.529. The molecule has 0 aromatic carbocycles. The molecule has 136 valence electrons. The summed E-state index contributed by atoms with van der Waals surface area (Å²) in [4.78, 5) is 34.4. The van der Waals surface area contributed by atoms with Gasteiger partial charge in [0, 0.05) is 57.9 Å². The Kier molecular flexibility index (Phi) is 3.31. The van der Waals surface area contributed by atoms with Gasteiger partial charge in [-0.1, -0.05) is 0 Å². The second kappa shape index (κ2) is 5.58. The molecule has 0 radical (unpaired) electrons. The summed E-state index contributed by atoms with van der Waals surface area (Å²) in [5.41, 5.74) is 0.826. The molecule has 0 bridgehead atoms. The molecule has 2 aliphatic heterocycles. The van der Waals surface area contributed by atoms with Crippen molar-refractivity contribution in [1.82, 2.24) is 24.2 Å². The highest BCUT2D eigenvalue weighted by Crippen LogP contribution is 2.34. The quantitative estimate of drug-likeness (QED) is 0.807. The molecule has 3 fully saturated rings. The standard InChI is InChI=1S/C17H21N7O2/c1-20-6-7-23(17(20)26)13-8-19-24(11-13)14-9-21(10-14)15-16(25)22(5-4-18-15)12-2-3-12/h4-5,8,11-12,14H,2-3,6-7,9-10H2,1H3. The molecule has 5 rings (SSSR count). The molecule has 9 nitrogen and oxygen atoms in total. The van der Waals surface area contributed by atoms with Crippen molar-refractivity contribution in [3.8, 4) is 0 Å². The van der Waals surface area contributed by atoms with Crippen LogP contribution in [0.25, 0.3) is 0 Å². The van der Waals surface area contributed by atoms with Crippen LogP contribution < -0.4 is 15.4 Å². The number of urea groups is 1. The van der Waals surface area contributed by atoms with E-state index in [0.717, 1.165) is 25.1 Å². The van der Waals surface area contributed by atoms with E-state index in [-0.39, 0.29) is 17.6 Å². The van der Waals surface area contributed by atoms with E-state index in [4.69, 9.17) is 0 Å². The zero-order chi connectivity index (χ0) is 17.8. The number of aromatic nitrogens is 4. The first kappa shape index (κ1) is 15.4. The van der Waals surface area contributed by atoms with Crippen molar-refractivity contribution < 1.29 is 4.79 Å². The monoisotopic (exact) mass is 355 g/mol. The van der Waals surface area contributed by atoms with Crippen molar-refractivity contribution in [2.45, 2.75) is 24.9 Å². The smallest absolute Gasteiger partial charge is 0.324 e. The average molecular weight is 355 g/mol. The van der Waals surface area contributed by atoms with Crippen LogP contribution >= 0.6 is 0 Å². The summed E-state index contributed by atoms with van der Waals surface area (Å²) in [6.45, 7) is 2.82. The van der Waals surface area contributed by atoms with E-state index in [2.05, 4.69) is 10.1 Å². The Hall–Kier alpha value is -2.84. The highest BCUT2D eigenvalue weighted by molar-refractivity contribution is 5.93. The molecule has 2 aromatic rings. The Morgan fingerprint density at radius 1 is 1.12 bits per heavy atom. The number of amides is 2. The van der Waals surface area contributed by atoms with Crippen molar-refractivity contribution in [2.24, 2.45) is 0 Å². The third-order valence-corrected chi connectivity index (χ3v) is 5.44. The lowest BCUT2D eigenvalue weighted by Gasteiger charge is -2.39. The number of carbonyl (C=O) groups is 1. The molecule has 0 atom stereocenters. The largest absolute Gasteiger partial charge is 0.348 e. The zero-order valence-electron chi connectivity index (χ0n) is 14.7. The van der Waals surface area contributed by atoms with E-state index in [0.29, 0.717) is 31.5 Å². The number of rotatable bonds is 4. The van der Waals surface area contributed by atoms with Crippen LogP contribution in [0.2, 0.25) is 0 Å². The van der Waals surface area contributed by atoms with Crippen LogP contribution in [-0.4, -0.2) is 63.5 Å². The SMILES string of the molecule is CN1CCN(c2cnn(C3CN(c4nccn(C5CC5)c4=O)C3)c2)C1=O. The molecule has 26 heavy (non-hydrogen) atoms. The Morgan fingerprint density at radius 2 is 1.92 bits per heavy atom. The first-order chi connectivity index (χ1) is 12.6. The van der Waals surface area contributed by atoms with Gasteiger partial charge in [-0.15, -0.1) is 0 Å². The maximum absolute atomic E-state index is 12.6. The second-order valence-electron chi connectivity index (χ2n) is 7.29. The fourth-order valence-electron chi connectivity index (χ4n) is 3.62. The second-order valence-corrected chi connectivity index (χ2v) is 7.29. The molecule has 2 amide bonds. The van der Waals surface area contributed by atoms with Crippen molar-refractivity contribution in [2.75, 3.05) is 43.0 Å². The summed E-state index contributed by atoms with van der Waals surface area (Å²) in [5, 5.41) is 4.42. The Balaban J connectivity index is 1.29. The predicted molar refractivity (Wildman–Crippen MR) is 95.6 cm³/mol. The zero-order valence-corrected chi connectivity index (χ0v) is 14.7. The van der Waals surface area contributed by atoms with Crippen LogP contribution in [0, 0.1) is 0 Å². The van der Waals surface area contributed by atoms with Crippen LogP contribution in [0.15, 0.2) is 29.6 Å². The third-order valence-electron chi connectivity index (χ3n) is 5.44. The van der Waals surface area contributed by atoms with Gasteiger partial charge in [0.25, 0.3) is 5.56 Å². The normalized spacial score (nSPS) is 20.8. The fourth-order valence-corrected chi connectivity index (χ4v) is 3.62. The van der Waals surface area contributed by atoms with Gasteiger partial charge >= 0.3 is 6.03 Å². The summed E-state index contributed by atoms with van der Waals surface area (Å²) in [7, 11) is 1.80. The molecule has 1 saturated carbocycles. The summed E-state index contributed by atoms with van der Waals surface area (Å²) in [5.74, 6) is 0.527. The van der Waals surface area contributed by atoms with Gasteiger partial charge in [0.2, 0.25) is 0 Å². The highest BCUT2D eigenvalue weighted by Gasteiger charge is 2.34. The third kappa shape index (κ3) is 2.38. The molecule has 3 aliphatic rings. The van der Waals surface area contributed by atoms with E-state index < -0.39 is 0 Å². The summed E-state index contributed by atoms with van der Waals surface area (Å²) in [6, 6.07) is 0.551. The predicted octanol–water partition coefficient (Wildman–Crippen LogP) is 0.708. The van der Waals surface area contributed by atoms with Crippen molar-refractivity contribution in [3.63, 3.8) is 0 Å². The van der Waals surface area contributed by atoms with Crippen LogP contribution in [0.1, 0.15) is 24.9 Å². The maximum Gasteiger partial charge on any atom is 0.324 e. The topological polar surface area (TPSA) is 79.5 Å². The first-order valence-corrected chi connectivity index (χ1v) is 9.00. The number of hydrogen-bond acceptors (Lipinski definition) is 5. The van der Waals surface area contributed by atoms with Gasteiger partial charge < -0.3 is 14.4 Å². The molecule has 9 heteroatoms. The number of nitrogens with zero attached hydrogens (tertiary/aromatic N) is 7. The minimum atomic E-state index is 0.000282. The minimum Gasteiger partial charge on any atom is -0.348 e. The van der Waals surface area contributed by atoms with Gasteiger partial charge in [-0.3, -0.25) is 14.4 Å². The molecule has 0 spiro atoms. The lowest BCUT2D eigenvalue weighted by molar-refractivity contribution is 0.229. The number of carbonyl (C=O) groups excluding carboxylic acids is 1. The van der Waals surface area contributed by atoms with Gasteiger partial charge in [-0.2, -0.15) is 5.10 Å². The minimum absolute atomic E-state index is 0.000282. The molecule has 2 saturated heterocycles. The summed E-state index contributed by atoms with van der Waals surface area (Å²) < 4.78 is 3.69. The Bertz CT molecular complexity index is 910. The van der Waals surface area contributed by atoms with Crippen LogP contribution in [-0.2, 0) is 0 Å². The van der Waals surface area contributed by atoms with Crippen LogP contribution in [0.3, 0.4) is 0 Å². The lowest BCUT2D eigenvalue weighted by Crippen LogP contribution is -2.50. The van der Waals surface area contributed by atoms with E-state index in [9.17, 15) is 9.59 Å². The van der Waals surface area contributed by atoms with E-state index in [1.54, 1.807) is 40.0 Å². The van der Waals surface area contributed by atoms with E-state index in [1.807, 2.05) is 15.8 Å². The number of likely N-dealkylation sites (N-methyl/N-ethyl adjacent to an activating group) is 1. The van der Waals surface area contributed by atoms with Gasteiger partial charge in [0.15, 0.2) is 5.82 Å². The Morgan fingerprint density at radius 3 is 2.62 bits per heavy atom. The van der Waals surface area contributed by atoms with Crippen molar-refractivity contribution in [3.05, 3.63) is 35.1 Å². The maximum atomic E-state index is 12.6. The van der Waals surface area contributed by atoms with Crippen molar-refractivity contribution in [1.29, 1.82) is 0 Å². The molecule has 2 aromatic heterocycles. The van der Waals surface area contributed by atoms with Gasteiger partial charge in [0.1, 0.15) is 0 Å². The molecular formula is C17H21N7O2. The first-order valence-electron chi connectivity index (χ1n) is 9.00. The van der Waals surface area contributed by atoms with Crippen LogP contribution in [0.5, 0.6) is 0 Å². The number of hydrogen-bond donors (Lipinski definition) is 0. The van der Waals surface area contributed by atoms with Crippen LogP contribution in [0.4, 0.5) is 16.3 Å². The van der Waals surface area contributed by atoms with Gasteiger partial charge in [-0.05, 0) is 12.8 Å². The van der Waals surface area contributed by atoms with Crippen molar-refractivity contribution >= 4 is 17.5 Å². The molecule has 0 unspecified atom stereocenters. The molecule has 4 heterocycles. The number of anilines is 2. The average Bonchev–Trinajstić information content (AvgIpc) is 3.24. The lowest BCUT2D eigenvalue weighted by atomic mass is 10.1. The Labute approximate surface area is 150 Å². The summed E-state index contributed by atoms with van der Waals surface area (Å²) in [6.07, 6.45) is 9.30. The van der Waals surface area contributed by atoms with Gasteiger partial charge in [0.05, 0.1) is 17.9 Å². The van der Waals surface area contributed by atoms with E-state index in [1.165, 1.54) is 0 Å². The summed E-state index contributed by atoms with van der Waals surface area (Å²) >= 11 is 0. The van der Waals surface area contributed by atoms with E-state index >= 15 is 0 Å².